The van der Waals surface area contributed by atoms with Gasteiger partial charge in [-0.2, -0.15) is 0 Å². The van der Waals surface area contributed by atoms with Gasteiger partial charge in [0.15, 0.2) is 0 Å². The number of carboxylic acids is 1. The fraction of sp³-hybridized carbons (Fsp3) is 0.0667. The summed E-state index contributed by atoms with van der Waals surface area (Å²) in [6.45, 7) is 1.89. The number of aromatic carboxylic acids is 1. The van der Waals surface area contributed by atoms with Crippen LogP contribution in [0.3, 0.4) is 0 Å². The van der Waals surface area contributed by atoms with Gasteiger partial charge >= 0.3 is 5.97 Å². The standard InChI is InChI=1S/C15H11Br2NO3/c1-8-2-3-13(17)12(4-8)14(19)18-11-6-9(15(20)21)5-10(16)7-11/h2-7H,1H3,(H,18,19)(H,20,21). The van der Waals surface area contributed by atoms with Gasteiger partial charge in [-0.05, 0) is 53.2 Å². The molecule has 0 saturated heterocycles. The van der Waals surface area contributed by atoms with Gasteiger partial charge in [0.05, 0.1) is 11.1 Å². The van der Waals surface area contributed by atoms with Crippen LogP contribution in [0, 0.1) is 6.92 Å². The van der Waals surface area contributed by atoms with E-state index in [9.17, 15) is 9.59 Å². The first kappa shape index (κ1) is 15.7. The first-order valence-electron chi connectivity index (χ1n) is 5.98. The van der Waals surface area contributed by atoms with Crippen LogP contribution in [-0.2, 0) is 0 Å². The van der Waals surface area contributed by atoms with Crippen molar-refractivity contribution in [3.05, 3.63) is 62.0 Å². The number of nitrogens with one attached hydrogen (secondary N) is 1. The van der Waals surface area contributed by atoms with Crippen molar-refractivity contribution in [2.75, 3.05) is 5.32 Å². The van der Waals surface area contributed by atoms with Crippen molar-refractivity contribution < 1.29 is 14.7 Å². The predicted molar refractivity (Wildman–Crippen MR) is 87.9 cm³/mol. The minimum atomic E-state index is -1.05. The number of halogens is 2. The highest BCUT2D eigenvalue weighted by atomic mass is 79.9. The molecule has 0 radical (unpaired) electrons. The molecule has 1 amide bonds. The number of carbonyl (C=O) groups is 2. The van der Waals surface area contributed by atoms with Gasteiger partial charge in [-0.1, -0.05) is 27.6 Å². The first-order valence-corrected chi connectivity index (χ1v) is 7.57. The van der Waals surface area contributed by atoms with Crippen LogP contribution >= 0.6 is 31.9 Å². The van der Waals surface area contributed by atoms with Crippen molar-refractivity contribution in [2.24, 2.45) is 0 Å². The Morgan fingerprint density at radius 1 is 1.10 bits per heavy atom. The molecule has 0 bridgehead atoms. The molecule has 0 aliphatic heterocycles. The number of rotatable bonds is 3. The Hall–Kier alpha value is -1.66. The van der Waals surface area contributed by atoms with E-state index in [1.807, 2.05) is 13.0 Å². The molecule has 2 aromatic rings. The topological polar surface area (TPSA) is 66.4 Å². The summed E-state index contributed by atoms with van der Waals surface area (Å²) < 4.78 is 1.26. The Balaban J connectivity index is 2.31. The monoisotopic (exact) mass is 411 g/mol. The molecule has 0 heterocycles. The maximum absolute atomic E-state index is 12.3. The number of amides is 1. The molecule has 2 aromatic carbocycles. The third-order valence-electron chi connectivity index (χ3n) is 2.77. The van der Waals surface area contributed by atoms with Crippen LogP contribution in [0.25, 0.3) is 0 Å². The second-order valence-electron chi connectivity index (χ2n) is 4.47. The molecule has 0 fully saturated rings. The maximum Gasteiger partial charge on any atom is 0.335 e. The van der Waals surface area contributed by atoms with E-state index in [0.717, 1.165) is 5.56 Å². The fourth-order valence-corrected chi connectivity index (χ4v) is 2.72. The molecule has 2 N–H and O–H groups in total. The maximum atomic E-state index is 12.3. The van der Waals surface area contributed by atoms with Crippen molar-refractivity contribution in [3.63, 3.8) is 0 Å². The van der Waals surface area contributed by atoms with E-state index in [1.54, 1.807) is 18.2 Å². The van der Waals surface area contributed by atoms with E-state index in [1.165, 1.54) is 12.1 Å². The molecule has 6 heteroatoms. The van der Waals surface area contributed by atoms with E-state index in [2.05, 4.69) is 37.2 Å². The van der Waals surface area contributed by atoms with Crippen molar-refractivity contribution in [3.8, 4) is 0 Å². The normalized spacial score (nSPS) is 10.2. The van der Waals surface area contributed by atoms with E-state index >= 15 is 0 Å². The largest absolute Gasteiger partial charge is 0.478 e. The second-order valence-corrected chi connectivity index (χ2v) is 6.24. The number of anilines is 1. The highest BCUT2D eigenvalue weighted by Gasteiger charge is 2.12. The summed E-state index contributed by atoms with van der Waals surface area (Å²) in [7, 11) is 0. The second kappa shape index (κ2) is 6.41. The summed E-state index contributed by atoms with van der Waals surface area (Å²) in [5.74, 6) is -1.36. The van der Waals surface area contributed by atoms with Gasteiger partial charge < -0.3 is 10.4 Å². The number of hydrogen-bond donors (Lipinski definition) is 2. The van der Waals surface area contributed by atoms with Gasteiger partial charge in [0, 0.05) is 14.6 Å². The lowest BCUT2D eigenvalue weighted by Gasteiger charge is -2.09. The van der Waals surface area contributed by atoms with Crippen LogP contribution in [0.15, 0.2) is 45.3 Å². The van der Waals surface area contributed by atoms with Gasteiger partial charge in [-0.3, -0.25) is 4.79 Å². The molecule has 0 atom stereocenters. The quantitative estimate of drug-likeness (QED) is 0.781. The molecule has 4 nitrogen and oxygen atoms in total. The van der Waals surface area contributed by atoms with E-state index < -0.39 is 5.97 Å². The lowest BCUT2D eigenvalue weighted by atomic mass is 10.1. The van der Waals surface area contributed by atoms with Crippen LogP contribution in [0.2, 0.25) is 0 Å². The fourth-order valence-electron chi connectivity index (χ4n) is 1.80. The van der Waals surface area contributed by atoms with Gasteiger partial charge in [-0.15, -0.1) is 0 Å². The predicted octanol–water partition coefficient (Wildman–Crippen LogP) is 4.47. The first-order chi connectivity index (χ1) is 9.86. The summed E-state index contributed by atoms with van der Waals surface area (Å²) in [6.07, 6.45) is 0. The molecular weight excluding hydrogens is 402 g/mol. The van der Waals surface area contributed by atoms with Crippen LogP contribution in [0.4, 0.5) is 5.69 Å². The van der Waals surface area contributed by atoms with Crippen molar-refractivity contribution in [2.45, 2.75) is 6.92 Å². The lowest BCUT2D eigenvalue weighted by molar-refractivity contribution is 0.0696. The molecule has 2 rings (SSSR count). The Bertz CT molecular complexity index is 729. The zero-order chi connectivity index (χ0) is 15.6. The zero-order valence-electron chi connectivity index (χ0n) is 11.0. The van der Waals surface area contributed by atoms with Gasteiger partial charge in [0.2, 0.25) is 0 Å². The van der Waals surface area contributed by atoms with Crippen LogP contribution in [-0.4, -0.2) is 17.0 Å². The van der Waals surface area contributed by atoms with Crippen LogP contribution in [0.5, 0.6) is 0 Å². The lowest BCUT2D eigenvalue weighted by Crippen LogP contribution is -2.13. The van der Waals surface area contributed by atoms with Gasteiger partial charge in [0.25, 0.3) is 5.91 Å². The molecule has 0 unspecified atom stereocenters. The number of hydrogen-bond acceptors (Lipinski definition) is 2. The summed E-state index contributed by atoms with van der Waals surface area (Å²) in [5.41, 5.74) is 1.97. The van der Waals surface area contributed by atoms with Gasteiger partial charge in [-0.25, -0.2) is 4.79 Å². The number of carbonyl (C=O) groups excluding carboxylic acids is 1. The summed E-state index contributed by atoms with van der Waals surface area (Å²) in [4.78, 5) is 23.3. The average Bonchev–Trinajstić information content (AvgIpc) is 2.40. The number of benzene rings is 2. The van der Waals surface area contributed by atoms with E-state index in [0.29, 0.717) is 20.2 Å². The molecule has 0 saturated carbocycles. The minimum Gasteiger partial charge on any atom is -0.478 e. The Labute approximate surface area is 138 Å². The Morgan fingerprint density at radius 2 is 1.81 bits per heavy atom. The smallest absolute Gasteiger partial charge is 0.335 e. The number of aryl methyl sites for hydroxylation is 1. The SMILES string of the molecule is Cc1ccc(Br)c(C(=O)Nc2cc(Br)cc(C(=O)O)c2)c1. The summed E-state index contributed by atoms with van der Waals surface area (Å²) in [5, 5.41) is 11.7. The zero-order valence-corrected chi connectivity index (χ0v) is 14.2. The Morgan fingerprint density at radius 3 is 2.48 bits per heavy atom. The van der Waals surface area contributed by atoms with Crippen LogP contribution < -0.4 is 5.32 Å². The van der Waals surface area contributed by atoms with E-state index in [4.69, 9.17) is 5.11 Å². The molecule has 108 valence electrons. The van der Waals surface area contributed by atoms with Crippen LogP contribution in [0.1, 0.15) is 26.3 Å². The highest BCUT2D eigenvalue weighted by Crippen LogP contribution is 2.23. The molecule has 0 aliphatic rings. The average molecular weight is 413 g/mol. The van der Waals surface area contributed by atoms with Gasteiger partial charge in [0.1, 0.15) is 0 Å². The molecular formula is C15H11Br2NO3. The van der Waals surface area contributed by atoms with E-state index in [-0.39, 0.29) is 11.5 Å². The molecule has 0 aliphatic carbocycles. The van der Waals surface area contributed by atoms with Crippen molar-refractivity contribution in [1.82, 2.24) is 0 Å². The number of carboxylic acid groups (broad SMARTS) is 1. The van der Waals surface area contributed by atoms with Crippen molar-refractivity contribution in [1.29, 1.82) is 0 Å². The summed E-state index contributed by atoms with van der Waals surface area (Å²) in [6, 6.07) is 9.98. The Kier molecular flexibility index (Phi) is 4.80. The third-order valence-corrected chi connectivity index (χ3v) is 3.92. The minimum absolute atomic E-state index is 0.1000. The van der Waals surface area contributed by atoms with Crippen molar-refractivity contribution >= 4 is 49.4 Å². The summed E-state index contributed by atoms with van der Waals surface area (Å²) >= 11 is 6.56. The third kappa shape index (κ3) is 3.92. The molecule has 0 spiro atoms. The highest BCUT2D eigenvalue weighted by molar-refractivity contribution is 9.10. The molecule has 21 heavy (non-hydrogen) atoms. The molecule has 0 aromatic heterocycles.